The van der Waals surface area contributed by atoms with E-state index in [0.29, 0.717) is 5.02 Å². The van der Waals surface area contributed by atoms with E-state index in [9.17, 15) is 0 Å². The zero-order chi connectivity index (χ0) is 15.5. The number of benzene rings is 2. The molecule has 5 heteroatoms. The summed E-state index contributed by atoms with van der Waals surface area (Å²) in [7, 11) is 0. The van der Waals surface area contributed by atoms with Crippen LogP contribution in [0.3, 0.4) is 0 Å². The maximum atomic E-state index is 6.08. The van der Waals surface area contributed by atoms with Gasteiger partial charge >= 0.3 is 0 Å². The van der Waals surface area contributed by atoms with Crippen LogP contribution < -0.4 is 0 Å². The summed E-state index contributed by atoms with van der Waals surface area (Å²) in [5.41, 5.74) is 2.81. The van der Waals surface area contributed by atoms with Gasteiger partial charge in [-0.25, -0.2) is 0 Å². The Morgan fingerprint density at radius 1 is 1.00 bits per heavy atom. The van der Waals surface area contributed by atoms with Crippen LogP contribution in [0.15, 0.2) is 70.3 Å². The van der Waals surface area contributed by atoms with Crippen molar-refractivity contribution in [1.82, 2.24) is 4.57 Å². The Bertz CT molecular complexity index is 823. The maximum Gasteiger partial charge on any atom is 0.0646 e. The molecule has 0 bridgehead atoms. The molecule has 0 radical (unpaired) electrons. The third kappa shape index (κ3) is 3.43. The van der Waals surface area contributed by atoms with Crippen molar-refractivity contribution >= 4 is 51.0 Å². The SMILES string of the molecule is Clc1ccc(-n2cccc2C=Nc2ccc(Br)c(Cl)c2)cc1. The number of hydrogen-bond acceptors (Lipinski definition) is 1. The van der Waals surface area contributed by atoms with Crippen LogP contribution in [-0.4, -0.2) is 10.8 Å². The highest BCUT2D eigenvalue weighted by atomic mass is 79.9. The van der Waals surface area contributed by atoms with Crippen LogP contribution in [0.2, 0.25) is 10.0 Å². The lowest BCUT2D eigenvalue weighted by Crippen LogP contribution is -1.97. The summed E-state index contributed by atoms with van der Waals surface area (Å²) in [4.78, 5) is 4.48. The zero-order valence-electron chi connectivity index (χ0n) is 11.4. The van der Waals surface area contributed by atoms with Gasteiger partial charge in [0.25, 0.3) is 0 Å². The lowest BCUT2D eigenvalue weighted by molar-refractivity contribution is 1.07. The molecular weight excluding hydrogens is 383 g/mol. The quantitative estimate of drug-likeness (QED) is 0.464. The van der Waals surface area contributed by atoms with Crippen molar-refractivity contribution in [2.24, 2.45) is 4.99 Å². The summed E-state index contributed by atoms with van der Waals surface area (Å²) in [6.45, 7) is 0. The number of halogens is 3. The molecule has 0 saturated carbocycles. The van der Waals surface area contributed by atoms with Crippen LogP contribution in [0.1, 0.15) is 5.69 Å². The molecule has 0 aliphatic carbocycles. The summed E-state index contributed by atoms with van der Waals surface area (Å²) in [6, 6.07) is 17.3. The normalized spacial score (nSPS) is 11.2. The van der Waals surface area contributed by atoms with Gasteiger partial charge in [-0.05, 0) is 70.5 Å². The van der Waals surface area contributed by atoms with Gasteiger partial charge in [0.1, 0.15) is 0 Å². The van der Waals surface area contributed by atoms with Gasteiger partial charge in [-0.15, -0.1) is 0 Å². The van der Waals surface area contributed by atoms with Gasteiger partial charge in [-0.1, -0.05) is 23.2 Å². The third-order valence-electron chi connectivity index (χ3n) is 3.13. The standard InChI is InChI=1S/C17H11BrCl2N2/c18-16-8-5-13(10-17(16)20)21-11-15-2-1-9-22(15)14-6-3-12(19)4-7-14/h1-11H. The zero-order valence-corrected chi connectivity index (χ0v) is 14.5. The summed E-state index contributed by atoms with van der Waals surface area (Å²) < 4.78 is 2.90. The van der Waals surface area contributed by atoms with Gasteiger partial charge in [0, 0.05) is 21.4 Å². The Hall–Kier alpha value is -1.55. The summed E-state index contributed by atoms with van der Waals surface area (Å²) in [5, 5.41) is 1.36. The molecule has 3 rings (SSSR count). The molecule has 0 spiro atoms. The molecule has 0 fully saturated rings. The number of aromatic nitrogens is 1. The van der Waals surface area contributed by atoms with Gasteiger partial charge in [0.15, 0.2) is 0 Å². The van der Waals surface area contributed by atoms with Crippen molar-refractivity contribution in [1.29, 1.82) is 0 Å². The van der Waals surface area contributed by atoms with E-state index in [1.807, 2.05) is 71.6 Å². The molecule has 1 aromatic heterocycles. The van der Waals surface area contributed by atoms with E-state index < -0.39 is 0 Å². The first-order valence-corrected chi connectivity index (χ1v) is 8.11. The Kier molecular flexibility index (Phi) is 4.67. The molecule has 1 heterocycles. The lowest BCUT2D eigenvalue weighted by Gasteiger charge is -2.06. The molecule has 0 aliphatic heterocycles. The van der Waals surface area contributed by atoms with Crippen molar-refractivity contribution in [3.8, 4) is 5.69 Å². The highest BCUT2D eigenvalue weighted by molar-refractivity contribution is 9.10. The molecule has 2 nitrogen and oxygen atoms in total. The van der Waals surface area contributed by atoms with Crippen LogP contribution in [0.25, 0.3) is 5.69 Å². The average Bonchev–Trinajstić information content (AvgIpc) is 2.98. The molecule has 0 aliphatic rings. The highest BCUT2D eigenvalue weighted by Gasteiger charge is 2.02. The van der Waals surface area contributed by atoms with E-state index in [-0.39, 0.29) is 0 Å². The van der Waals surface area contributed by atoms with Crippen LogP contribution in [0.5, 0.6) is 0 Å². The minimum atomic E-state index is 0.641. The average molecular weight is 394 g/mol. The largest absolute Gasteiger partial charge is 0.316 e. The van der Waals surface area contributed by atoms with Crippen molar-refractivity contribution in [3.05, 3.63) is 81.0 Å². The van der Waals surface area contributed by atoms with Crippen molar-refractivity contribution < 1.29 is 0 Å². The fourth-order valence-corrected chi connectivity index (χ4v) is 2.59. The number of hydrogen-bond donors (Lipinski definition) is 0. The molecule has 0 saturated heterocycles. The van der Waals surface area contributed by atoms with Crippen LogP contribution >= 0.6 is 39.1 Å². The molecule has 3 aromatic rings. The number of nitrogens with zero attached hydrogens (tertiary/aromatic N) is 2. The predicted octanol–water partition coefficient (Wildman–Crippen LogP) is 6.30. The van der Waals surface area contributed by atoms with Gasteiger partial charge in [-0.3, -0.25) is 4.99 Å². The van der Waals surface area contributed by atoms with Crippen molar-refractivity contribution in [2.75, 3.05) is 0 Å². The first kappa shape index (κ1) is 15.3. The van der Waals surface area contributed by atoms with E-state index in [4.69, 9.17) is 23.2 Å². The maximum absolute atomic E-state index is 6.08. The smallest absolute Gasteiger partial charge is 0.0646 e. The molecule has 0 unspecified atom stereocenters. The van der Waals surface area contributed by atoms with Gasteiger partial charge in [0.2, 0.25) is 0 Å². The van der Waals surface area contributed by atoms with E-state index in [1.54, 1.807) is 0 Å². The molecule has 0 atom stereocenters. The second-order valence-corrected chi connectivity index (χ2v) is 6.33. The second kappa shape index (κ2) is 6.69. The van der Waals surface area contributed by atoms with E-state index >= 15 is 0 Å². The molecular formula is C17H11BrCl2N2. The monoisotopic (exact) mass is 392 g/mol. The first-order valence-electron chi connectivity index (χ1n) is 6.56. The fraction of sp³-hybridized carbons (Fsp3) is 0. The van der Waals surface area contributed by atoms with E-state index in [0.717, 1.165) is 26.6 Å². The topological polar surface area (TPSA) is 17.3 Å². The Labute approximate surface area is 147 Å². The van der Waals surface area contributed by atoms with Crippen LogP contribution in [-0.2, 0) is 0 Å². The van der Waals surface area contributed by atoms with Crippen molar-refractivity contribution in [3.63, 3.8) is 0 Å². The molecule has 0 N–H and O–H groups in total. The van der Waals surface area contributed by atoms with E-state index in [1.165, 1.54) is 0 Å². The molecule has 2 aromatic carbocycles. The molecule has 22 heavy (non-hydrogen) atoms. The minimum absolute atomic E-state index is 0.641. The minimum Gasteiger partial charge on any atom is -0.316 e. The Morgan fingerprint density at radius 2 is 1.77 bits per heavy atom. The number of rotatable bonds is 3. The second-order valence-electron chi connectivity index (χ2n) is 4.64. The van der Waals surface area contributed by atoms with Gasteiger partial charge < -0.3 is 4.57 Å². The summed E-state index contributed by atoms with van der Waals surface area (Å²) in [5.74, 6) is 0. The Balaban J connectivity index is 1.90. The Morgan fingerprint density at radius 3 is 2.50 bits per heavy atom. The van der Waals surface area contributed by atoms with E-state index in [2.05, 4.69) is 20.9 Å². The van der Waals surface area contributed by atoms with Crippen molar-refractivity contribution in [2.45, 2.75) is 0 Å². The fourth-order valence-electron chi connectivity index (χ4n) is 2.04. The highest BCUT2D eigenvalue weighted by Crippen LogP contribution is 2.27. The molecule has 110 valence electrons. The number of aliphatic imine (C=N–C) groups is 1. The van der Waals surface area contributed by atoms with Gasteiger partial charge in [0.05, 0.1) is 22.6 Å². The van der Waals surface area contributed by atoms with Crippen LogP contribution in [0, 0.1) is 0 Å². The van der Waals surface area contributed by atoms with Gasteiger partial charge in [-0.2, -0.15) is 0 Å². The molecule has 0 amide bonds. The summed E-state index contributed by atoms with van der Waals surface area (Å²) >= 11 is 15.4. The first-order chi connectivity index (χ1) is 10.6. The third-order valence-corrected chi connectivity index (χ3v) is 4.62. The van der Waals surface area contributed by atoms with Crippen LogP contribution in [0.4, 0.5) is 5.69 Å². The summed E-state index contributed by atoms with van der Waals surface area (Å²) in [6.07, 6.45) is 3.80. The predicted molar refractivity (Wildman–Crippen MR) is 97.2 cm³/mol. The lowest BCUT2D eigenvalue weighted by atomic mass is 10.3.